The Morgan fingerprint density at radius 1 is 1.06 bits per heavy atom. The van der Waals surface area contributed by atoms with Crippen LogP contribution in [0.4, 0.5) is 0 Å². The first-order chi connectivity index (χ1) is 22.9. The molecule has 48 heavy (non-hydrogen) atoms. The van der Waals surface area contributed by atoms with Gasteiger partial charge in [0.05, 0.1) is 11.6 Å². The van der Waals surface area contributed by atoms with Crippen LogP contribution in [-0.4, -0.2) is 79.3 Å². The van der Waals surface area contributed by atoms with Crippen LogP contribution >= 0.6 is 0 Å². The van der Waals surface area contributed by atoms with E-state index in [9.17, 15) is 39.6 Å². The van der Waals surface area contributed by atoms with Crippen LogP contribution in [0, 0.1) is 17.8 Å². The number of carbonyl (C=O) groups excluding carboxylic acids is 4. The lowest BCUT2D eigenvalue weighted by molar-refractivity contribution is -0.153. The number of aromatic nitrogens is 1. The number of phenolic OH excluding ortho intramolecular Hbond substituents is 1. The smallest absolute Gasteiger partial charge is 0.255 e. The van der Waals surface area contributed by atoms with Gasteiger partial charge >= 0.3 is 0 Å². The number of ketones is 3. The molecule has 0 saturated heterocycles. The number of nitrogens with two attached hydrogens (primary N) is 1. The molecule has 1 amide bonds. The van der Waals surface area contributed by atoms with E-state index in [1.54, 1.807) is 32.4 Å². The van der Waals surface area contributed by atoms with Gasteiger partial charge in [-0.3, -0.25) is 29.1 Å². The summed E-state index contributed by atoms with van der Waals surface area (Å²) in [4.78, 5) is 58.5. The predicted octanol–water partition coefficient (Wildman–Crippen LogP) is 3.69. The SMILES string of the molecule is CN(C)[C@H]1C(=O)C(C(N)=O)=C(O)[C@]2(O)C(=O)C3=C(O)c4c(O)c(CCC(=O)c5cccnc5)cc(CCC5CCCCC5)c4C[C@@H]3C[C@H]12. The number of amides is 1. The third-order valence-corrected chi connectivity index (χ3v) is 11.0. The molecule has 1 heterocycles. The zero-order valence-corrected chi connectivity index (χ0v) is 27.4. The lowest BCUT2D eigenvalue weighted by Gasteiger charge is -2.50. The zero-order chi connectivity index (χ0) is 34.5. The van der Waals surface area contributed by atoms with Crippen molar-refractivity contribution in [2.24, 2.45) is 23.5 Å². The van der Waals surface area contributed by atoms with Crippen molar-refractivity contribution < 1.29 is 39.6 Å². The van der Waals surface area contributed by atoms with Crippen LogP contribution in [0.15, 0.2) is 47.5 Å². The number of carbonyl (C=O) groups is 4. The molecule has 0 spiro atoms. The molecule has 2 fully saturated rings. The summed E-state index contributed by atoms with van der Waals surface area (Å²) in [5.41, 5.74) is 4.30. The minimum absolute atomic E-state index is 0.0377. The first kappa shape index (κ1) is 33.5. The first-order valence-corrected chi connectivity index (χ1v) is 16.8. The van der Waals surface area contributed by atoms with Gasteiger partial charge in [-0.2, -0.15) is 0 Å². The summed E-state index contributed by atoms with van der Waals surface area (Å²) in [5, 5.41) is 46.6. The van der Waals surface area contributed by atoms with Crippen LogP contribution in [0.25, 0.3) is 5.76 Å². The lowest BCUT2D eigenvalue weighted by Crippen LogP contribution is -2.65. The summed E-state index contributed by atoms with van der Waals surface area (Å²) in [6, 6.07) is 4.12. The fraction of sp³-hybridized carbons (Fsp3) is 0.486. The number of fused-ring (bicyclic) bond motifs is 3. The molecule has 0 unspecified atom stereocenters. The Bertz CT molecular complexity index is 1740. The quantitative estimate of drug-likeness (QED) is 0.196. The summed E-state index contributed by atoms with van der Waals surface area (Å²) in [6.07, 6.45) is 11.1. The highest BCUT2D eigenvalue weighted by molar-refractivity contribution is 6.24. The second-order valence-corrected chi connectivity index (χ2v) is 14.1. The Kier molecular flexibility index (Phi) is 9.04. The maximum atomic E-state index is 14.3. The second-order valence-electron chi connectivity index (χ2n) is 14.1. The molecule has 4 aliphatic carbocycles. The van der Waals surface area contributed by atoms with Gasteiger partial charge in [0.15, 0.2) is 17.2 Å². The summed E-state index contributed by atoms with van der Waals surface area (Å²) >= 11 is 0. The van der Waals surface area contributed by atoms with Gasteiger partial charge in [-0.15, -0.1) is 0 Å². The maximum absolute atomic E-state index is 14.3. The monoisotopic (exact) mass is 657 g/mol. The van der Waals surface area contributed by atoms with E-state index in [1.807, 2.05) is 6.07 Å². The number of rotatable bonds is 9. The van der Waals surface area contributed by atoms with Crippen molar-refractivity contribution in [3.8, 4) is 5.75 Å². The number of aliphatic hydroxyl groups is 3. The zero-order valence-electron chi connectivity index (χ0n) is 27.4. The maximum Gasteiger partial charge on any atom is 0.255 e. The predicted molar refractivity (Wildman–Crippen MR) is 176 cm³/mol. The lowest BCUT2D eigenvalue weighted by atomic mass is 9.57. The Labute approximate surface area is 279 Å². The molecular weight excluding hydrogens is 614 g/mol. The van der Waals surface area contributed by atoms with Crippen LogP contribution < -0.4 is 5.73 Å². The van der Waals surface area contributed by atoms with Gasteiger partial charge in [0.1, 0.15) is 22.8 Å². The molecule has 11 heteroatoms. The molecule has 2 saturated carbocycles. The number of nitrogens with zero attached hydrogens (tertiary/aromatic N) is 2. The Morgan fingerprint density at radius 2 is 1.79 bits per heavy atom. The van der Waals surface area contributed by atoms with Crippen molar-refractivity contribution in [2.45, 2.75) is 82.3 Å². The minimum atomic E-state index is -2.70. The Morgan fingerprint density at radius 3 is 2.44 bits per heavy atom. The Balaban J connectivity index is 1.45. The van der Waals surface area contributed by atoms with Crippen molar-refractivity contribution in [3.63, 3.8) is 0 Å². The number of likely N-dealkylation sites (N-methyl/N-ethyl adjacent to an activating group) is 1. The largest absolute Gasteiger partial charge is 0.508 e. The normalized spacial score (nSPS) is 26.0. The number of Topliss-reactive ketones (excluding diaryl/α,β-unsaturated/α-hetero) is 3. The average Bonchev–Trinajstić information content (AvgIpc) is 3.06. The fourth-order valence-electron chi connectivity index (χ4n) is 8.62. The van der Waals surface area contributed by atoms with E-state index in [0.29, 0.717) is 29.0 Å². The third-order valence-electron chi connectivity index (χ3n) is 11.0. The molecule has 0 bridgehead atoms. The minimum Gasteiger partial charge on any atom is -0.508 e. The molecule has 254 valence electrons. The summed E-state index contributed by atoms with van der Waals surface area (Å²) in [7, 11) is 3.16. The van der Waals surface area contributed by atoms with E-state index in [0.717, 1.165) is 24.8 Å². The van der Waals surface area contributed by atoms with Crippen molar-refractivity contribution >= 4 is 29.0 Å². The van der Waals surface area contributed by atoms with Crippen LogP contribution in [-0.2, 0) is 33.6 Å². The molecule has 1 aromatic heterocycles. The number of phenols is 1. The molecule has 1 aromatic carbocycles. The van der Waals surface area contributed by atoms with Gasteiger partial charge in [0.2, 0.25) is 5.78 Å². The molecule has 4 aliphatic rings. The highest BCUT2D eigenvalue weighted by Crippen LogP contribution is 2.53. The van der Waals surface area contributed by atoms with E-state index in [-0.39, 0.29) is 48.4 Å². The first-order valence-electron chi connectivity index (χ1n) is 16.8. The van der Waals surface area contributed by atoms with E-state index < -0.39 is 58.0 Å². The van der Waals surface area contributed by atoms with Crippen molar-refractivity contribution in [2.75, 3.05) is 14.1 Å². The summed E-state index contributed by atoms with van der Waals surface area (Å²) < 4.78 is 0. The summed E-state index contributed by atoms with van der Waals surface area (Å²) in [6.45, 7) is 0. The standard InChI is InChI=1S/C37H43N3O8/c1-40(2)30-25-17-23-16-24-20(11-10-19-7-4-3-5-8-19)15-21(12-13-26(41)22-9-6-14-39-18-22)31(42)28(24)32(43)27(23)34(45)37(25,48)35(46)29(33(30)44)36(38)47/h6,9,14-15,18-19,23,25,30,42-43,46,48H,3-5,7-8,10-13,16-17H2,1-2H3,(H2,38,47)/t23-,25-,30-,37-/m1/s1. The molecule has 0 aliphatic heterocycles. The second kappa shape index (κ2) is 12.9. The number of benzene rings is 1. The third kappa shape index (κ3) is 5.52. The van der Waals surface area contributed by atoms with Crippen molar-refractivity contribution in [1.29, 1.82) is 0 Å². The van der Waals surface area contributed by atoms with E-state index in [4.69, 9.17) is 5.73 Å². The van der Waals surface area contributed by atoms with Gasteiger partial charge in [-0.05, 0) is 86.9 Å². The van der Waals surface area contributed by atoms with Crippen LogP contribution in [0.2, 0.25) is 0 Å². The number of aryl methyl sites for hydroxylation is 2. The van der Waals surface area contributed by atoms with Gasteiger partial charge in [-0.1, -0.05) is 38.2 Å². The van der Waals surface area contributed by atoms with E-state index in [1.165, 1.54) is 30.4 Å². The van der Waals surface area contributed by atoms with Crippen molar-refractivity contribution in [1.82, 2.24) is 9.88 Å². The Hall–Kier alpha value is -4.35. The number of primary amides is 1. The highest BCUT2D eigenvalue weighted by Gasteiger charge is 2.64. The molecule has 2 aromatic rings. The van der Waals surface area contributed by atoms with Crippen LogP contribution in [0.3, 0.4) is 0 Å². The number of hydrogen-bond acceptors (Lipinski definition) is 10. The molecule has 6 N–H and O–H groups in total. The molecule has 11 nitrogen and oxygen atoms in total. The van der Waals surface area contributed by atoms with Crippen LogP contribution in [0.1, 0.15) is 84.0 Å². The fourth-order valence-corrected chi connectivity index (χ4v) is 8.62. The van der Waals surface area contributed by atoms with Gasteiger partial charge in [0.25, 0.3) is 5.91 Å². The van der Waals surface area contributed by atoms with Crippen LogP contribution in [0.5, 0.6) is 5.75 Å². The number of aromatic hydroxyl groups is 1. The molecule has 0 radical (unpaired) electrons. The number of pyridine rings is 1. The van der Waals surface area contributed by atoms with Gasteiger partial charge < -0.3 is 26.2 Å². The molecular formula is C37H43N3O8. The molecule has 4 atom stereocenters. The summed E-state index contributed by atoms with van der Waals surface area (Å²) in [5.74, 6) is -6.34. The van der Waals surface area contributed by atoms with E-state index in [2.05, 4.69) is 4.98 Å². The topological polar surface area (TPSA) is 191 Å². The highest BCUT2D eigenvalue weighted by atomic mass is 16.3. The number of aliphatic hydroxyl groups excluding tert-OH is 2. The van der Waals surface area contributed by atoms with E-state index >= 15 is 0 Å². The average molecular weight is 658 g/mol. The van der Waals surface area contributed by atoms with Gasteiger partial charge in [-0.25, -0.2) is 0 Å². The van der Waals surface area contributed by atoms with Gasteiger partial charge in [0, 0.05) is 35.9 Å². The molecule has 6 rings (SSSR count). The number of hydrogen-bond donors (Lipinski definition) is 5. The van der Waals surface area contributed by atoms with Crippen molar-refractivity contribution in [3.05, 3.63) is 75.3 Å².